The van der Waals surface area contributed by atoms with E-state index >= 15 is 0 Å². The van der Waals surface area contributed by atoms with Crippen molar-refractivity contribution >= 4 is 27.5 Å². The zero-order valence-electron chi connectivity index (χ0n) is 11.0. The smallest absolute Gasteiger partial charge is 0.345 e. The number of thiophene rings is 1. The van der Waals surface area contributed by atoms with Gasteiger partial charge in [-0.2, -0.15) is 10.2 Å². The van der Waals surface area contributed by atoms with Crippen molar-refractivity contribution in [1.82, 2.24) is 20.0 Å². The first-order valence-corrected chi connectivity index (χ1v) is 6.97. The van der Waals surface area contributed by atoms with Crippen LogP contribution >= 0.6 is 11.3 Å². The molecule has 3 rings (SSSR count). The summed E-state index contributed by atoms with van der Waals surface area (Å²) in [5.41, 5.74) is 1.69. The van der Waals surface area contributed by atoms with Crippen LogP contribution in [0.4, 0.5) is 0 Å². The summed E-state index contributed by atoms with van der Waals surface area (Å²) >= 11 is 1.20. The molecule has 0 aliphatic rings. The molecule has 3 aromatic rings. The maximum absolute atomic E-state index is 11.1. The number of carbonyl (C=O) groups is 1. The van der Waals surface area contributed by atoms with Crippen LogP contribution < -0.4 is 0 Å². The second kappa shape index (κ2) is 4.68. The molecule has 0 spiro atoms. The van der Waals surface area contributed by atoms with Crippen LogP contribution in [-0.4, -0.2) is 31.1 Å². The lowest BCUT2D eigenvalue weighted by Crippen LogP contribution is -2.01. The molecule has 0 unspecified atom stereocenters. The molecule has 0 bridgehead atoms. The highest BCUT2D eigenvalue weighted by atomic mass is 32.1. The molecule has 0 aliphatic heterocycles. The number of aryl methyl sites for hydroxylation is 2. The number of aromatic carboxylic acids is 1. The predicted octanol–water partition coefficient (Wildman–Crippen LogP) is 2.45. The summed E-state index contributed by atoms with van der Waals surface area (Å²) in [7, 11) is 0. The van der Waals surface area contributed by atoms with Gasteiger partial charge < -0.3 is 5.11 Å². The van der Waals surface area contributed by atoms with E-state index in [0.717, 1.165) is 28.0 Å². The SMILES string of the molecule is CCc1nn(-c2ccc(C)nn2)c2sc(C(=O)O)cc12. The number of aromatic nitrogens is 4. The summed E-state index contributed by atoms with van der Waals surface area (Å²) in [6.07, 6.45) is 0.735. The molecule has 7 heteroatoms. The van der Waals surface area contributed by atoms with Crippen molar-refractivity contribution in [2.24, 2.45) is 0 Å². The van der Waals surface area contributed by atoms with Gasteiger partial charge in [-0.25, -0.2) is 9.48 Å². The van der Waals surface area contributed by atoms with Gasteiger partial charge in [0.2, 0.25) is 0 Å². The topological polar surface area (TPSA) is 80.9 Å². The zero-order chi connectivity index (χ0) is 14.3. The van der Waals surface area contributed by atoms with E-state index in [1.54, 1.807) is 10.7 Å². The van der Waals surface area contributed by atoms with Crippen LogP contribution in [0.3, 0.4) is 0 Å². The molecular formula is C13H12N4O2S. The predicted molar refractivity (Wildman–Crippen MR) is 75.6 cm³/mol. The van der Waals surface area contributed by atoms with Crippen molar-refractivity contribution in [1.29, 1.82) is 0 Å². The summed E-state index contributed by atoms with van der Waals surface area (Å²) < 4.78 is 1.66. The maximum Gasteiger partial charge on any atom is 0.345 e. The Labute approximate surface area is 118 Å². The number of hydrogen-bond acceptors (Lipinski definition) is 5. The highest BCUT2D eigenvalue weighted by Gasteiger charge is 2.18. The largest absolute Gasteiger partial charge is 0.477 e. The molecule has 1 N–H and O–H groups in total. The van der Waals surface area contributed by atoms with Gasteiger partial charge in [0.25, 0.3) is 0 Å². The Hall–Kier alpha value is -2.28. The molecule has 0 saturated carbocycles. The summed E-state index contributed by atoms with van der Waals surface area (Å²) in [6.45, 7) is 3.85. The normalized spacial score (nSPS) is 11.1. The van der Waals surface area contributed by atoms with Crippen LogP contribution in [0, 0.1) is 6.92 Å². The van der Waals surface area contributed by atoms with Gasteiger partial charge in [0, 0.05) is 5.39 Å². The molecule has 0 fully saturated rings. The lowest BCUT2D eigenvalue weighted by molar-refractivity contribution is 0.0702. The molecule has 102 valence electrons. The van der Waals surface area contributed by atoms with Gasteiger partial charge in [-0.1, -0.05) is 6.92 Å². The van der Waals surface area contributed by atoms with Crippen molar-refractivity contribution < 1.29 is 9.90 Å². The fraction of sp³-hybridized carbons (Fsp3) is 0.231. The first-order valence-electron chi connectivity index (χ1n) is 6.15. The van der Waals surface area contributed by atoms with Gasteiger partial charge in [-0.15, -0.1) is 16.4 Å². The number of carboxylic acids is 1. The number of carboxylic acid groups (broad SMARTS) is 1. The second-order valence-corrected chi connectivity index (χ2v) is 5.41. The molecule has 3 heterocycles. The third-order valence-electron chi connectivity index (χ3n) is 2.98. The first kappa shape index (κ1) is 12.7. The van der Waals surface area contributed by atoms with E-state index in [9.17, 15) is 4.79 Å². The minimum atomic E-state index is -0.921. The molecule has 0 aliphatic carbocycles. The van der Waals surface area contributed by atoms with Gasteiger partial charge in [-0.3, -0.25) is 0 Å². The van der Waals surface area contributed by atoms with Gasteiger partial charge in [0.1, 0.15) is 9.71 Å². The average molecular weight is 288 g/mol. The summed E-state index contributed by atoms with van der Waals surface area (Å²) in [5, 5.41) is 22.6. The van der Waals surface area contributed by atoms with Crippen molar-refractivity contribution in [3.05, 3.63) is 34.5 Å². The van der Waals surface area contributed by atoms with E-state index in [1.165, 1.54) is 11.3 Å². The zero-order valence-corrected chi connectivity index (χ0v) is 11.8. The summed E-state index contributed by atoms with van der Waals surface area (Å²) in [5.74, 6) is -0.325. The van der Waals surface area contributed by atoms with E-state index in [0.29, 0.717) is 10.7 Å². The van der Waals surface area contributed by atoms with Crippen LogP contribution in [0.5, 0.6) is 0 Å². The van der Waals surface area contributed by atoms with Crippen molar-refractivity contribution in [3.8, 4) is 5.82 Å². The highest BCUT2D eigenvalue weighted by Crippen LogP contribution is 2.30. The third-order valence-corrected chi connectivity index (χ3v) is 4.08. The number of rotatable bonds is 3. The van der Waals surface area contributed by atoms with Gasteiger partial charge >= 0.3 is 5.97 Å². The van der Waals surface area contributed by atoms with Crippen LogP contribution in [-0.2, 0) is 6.42 Å². The Bertz CT molecular complexity index is 789. The number of hydrogen-bond donors (Lipinski definition) is 1. The standard InChI is InChI=1S/C13H12N4O2S/c1-3-9-8-6-10(13(18)19)20-12(8)17(16-9)11-5-4-7(2)14-15-11/h4-6H,3H2,1-2H3,(H,18,19). The van der Waals surface area contributed by atoms with E-state index in [4.69, 9.17) is 5.11 Å². The van der Waals surface area contributed by atoms with Crippen molar-refractivity contribution in [3.63, 3.8) is 0 Å². The molecule has 0 aromatic carbocycles. The molecule has 3 aromatic heterocycles. The number of fused-ring (bicyclic) bond motifs is 1. The minimum Gasteiger partial charge on any atom is -0.477 e. The quantitative estimate of drug-likeness (QED) is 0.800. The Morgan fingerprint density at radius 2 is 2.20 bits per heavy atom. The van der Waals surface area contributed by atoms with Gasteiger partial charge in [0.15, 0.2) is 5.82 Å². The Morgan fingerprint density at radius 1 is 1.40 bits per heavy atom. The first-order chi connectivity index (χ1) is 9.60. The maximum atomic E-state index is 11.1. The Kier molecular flexibility index (Phi) is 2.98. The molecule has 0 amide bonds. The minimum absolute atomic E-state index is 0.306. The van der Waals surface area contributed by atoms with E-state index in [-0.39, 0.29) is 0 Å². The Balaban J connectivity index is 2.24. The Morgan fingerprint density at radius 3 is 2.80 bits per heavy atom. The fourth-order valence-corrected chi connectivity index (χ4v) is 2.97. The fourth-order valence-electron chi connectivity index (χ4n) is 1.99. The monoisotopic (exact) mass is 288 g/mol. The molecule has 0 radical (unpaired) electrons. The highest BCUT2D eigenvalue weighted by molar-refractivity contribution is 7.20. The lowest BCUT2D eigenvalue weighted by atomic mass is 10.2. The van der Waals surface area contributed by atoms with Crippen molar-refractivity contribution in [2.45, 2.75) is 20.3 Å². The summed E-state index contributed by atoms with van der Waals surface area (Å²) in [4.78, 5) is 12.2. The van der Waals surface area contributed by atoms with Gasteiger partial charge in [-0.05, 0) is 31.5 Å². The molecule has 0 atom stereocenters. The molecular weight excluding hydrogens is 276 g/mol. The molecule has 6 nitrogen and oxygen atoms in total. The molecule has 0 saturated heterocycles. The van der Waals surface area contributed by atoms with E-state index < -0.39 is 5.97 Å². The van der Waals surface area contributed by atoms with E-state index in [2.05, 4.69) is 15.3 Å². The van der Waals surface area contributed by atoms with Gasteiger partial charge in [0.05, 0.1) is 11.4 Å². The third kappa shape index (κ3) is 1.96. The average Bonchev–Trinajstić information content (AvgIpc) is 2.98. The van der Waals surface area contributed by atoms with Crippen LogP contribution in [0.25, 0.3) is 16.0 Å². The van der Waals surface area contributed by atoms with Crippen LogP contribution in [0.2, 0.25) is 0 Å². The van der Waals surface area contributed by atoms with E-state index in [1.807, 2.05) is 26.0 Å². The van der Waals surface area contributed by atoms with Crippen molar-refractivity contribution in [2.75, 3.05) is 0 Å². The van der Waals surface area contributed by atoms with Crippen LogP contribution in [0.1, 0.15) is 28.0 Å². The van der Waals surface area contributed by atoms with Crippen LogP contribution in [0.15, 0.2) is 18.2 Å². The second-order valence-electron chi connectivity index (χ2n) is 4.38. The number of nitrogens with zero attached hydrogens (tertiary/aromatic N) is 4. The molecule has 20 heavy (non-hydrogen) atoms. The lowest BCUT2D eigenvalue weighted by Gasteiger charge is -2.00. The summed E-state index contributed by atoms with van der Waals surface area (Å²) in [6, 6.07) is 5.35.